The summed E-state index contributed by atoms with van der Waals surface area (Å²) < 4.78 is 5.79. The van der Waals surface area contributed by atoms with E-state index in [2.05, 4.69) is 52.0 Å². The lowest BCUT2D eigenvalue weighted by molar-refractivity contribution is 0.176. The summed E-state index contributed by atoms with van der Waals surface area (Å²) in [5.74, 6) is 0.867. The highest BCUT2D eigenvalue weighted by Crippen LogP contribution is 2.31. The van der Waals surface area contributed by atoms with Gasteiger partial charge in [0.1, 0.15) is 17.0 Å². The molecule has 4 rings (SSSR count). The minimum atomic E-state index is -0.775. The Kier molecular flexibility index (Phi) is 11.7. The number of fused-ring (bicyclic) bond motifs is 1. The maximum absolute atomic E-state index is 11.7. The number of hydrogen-bond donors (Lipinski definition) is 5. The molecule has 7 nitrogen and oxygen atoms in total. The smallest absolute Gasteiger partial charge is 0.305 e. The molecule has 0 saturated heterocycles. The summed E-state index contributed by atoms with van der Waals surface area (Å²) in [6.07, 6.45) is 0.0599. The monoisotopic (exact) mass is 551 g/mol. The first-order chi connectivity index (χ1) is 16.5. The lowest BCUT2D eigenvalue weighted by Gasteiger charge is -2.14. The van der Waals surface area contributed by atoms with E-state index in [0.29, 0.717) is 28.9 Å². The molecule has 1 aromatic heterocycles. The molecule has 0 bridgehead atoms. The van der Waals surface area contributed by atoms with Gasteiger partial charge in [0.15, 0.2) is 0 Å². The number of rotatable bonds is 11. The number of thiazole rings is 1. The number of phenolic OH excluding ortho intramolecular Hbond substituents is 1. The molecular formula is C26H31Cl2N3O4S. The van der Waals surface area contributed by atoms with Gasteiger partial charge in [0.2, 0.25) is 0 Å². The number of phenols is 1. The van der Waals surface area contributed by atoms with Crippen LogP contribution in [0, 0.1) is 0 Å². The quantitative estimate of drug-likeness (QED) is 0.178. The van der Waals surface area contributed by atoms with Crippen molar-refractivity contribution in [3.05, 3.63) is 92.6 Å². The highest BCUT2D eigenvalue weighted by molar-refractivity contribution is 7.16. The zero-order valence-electron chi connectivity index (χ0n) is 19.8. The Morgan fingerprint density at radius 2 is 1.69 bits per heavy atom. The molecule has 3 aromatic carbocycles. The second kappa shape index (κ2) is 14.2. The lowest BCUT2D eigenvalue weighted by atomic mass is 10.1. The van der Waals surface area contributed by atoms with Gasteiger partial charge in [0.05, 0.1) is 17.9 Å². The van der Waals surface area contributed by atoms with E-state index in [4.69, 9.17) is 4.74 Å². The molecule has 194 valence electrons. The number of ether oxygens (including phenoxy) is 1. The van der Waals surface area contributed by atoms with Gasteiger partial charge in [-0.1, -0.05) is 53.8 Å². The number of aromatic nitrogens is 1. The van der Waals surface area contributed by atoms with Crippen LogP contribution in [-0.4, -0.2) is 35.4 Å². The number of nitrogens with one attached hydrogen (secondary N) is 3. The molecule has 36 heavy (non-hydrogen) atoms. The third kappa shape index (κ3) is 7.70. The summed E-state index contributed by atoms with van der Waals surface area (Å²) in [6, 6.07) is 19.7. The third-order valence-electron chi connectivity index (χ3n) is 5.68. The first-order valence-corrected chi connectivity index (χ1v) is 12.0. The molecule has 1 heterocycles. The van der Waals surface area contributed by atoms with Crippen molar-refractivity contribution in [1.29, 1.82) is 0 Å². The van der Waals surface area contributed by atoms with Crippen molar-refractivity contribution in [2.45, 2.75) is 25.6 Å². The average Bonchev–Trinajstić information content (AvgIpc) is 3.25. The molecule has 0 saturated carbocycles. The van der Waals surface area contributed by atoms with Gasteiger partial charge in [0.25, 0.3) is 0 Å². The fourth-order valence-corrected chi connectivity index (χ4v) is 4.79. The van der Waals surface area contributed by atoms with Gasteiger partial charge in [-0.25, -0.2) is 0 Å². The van der Waals surface area contributed by atoms with Gasteiger partial charge in [0, 0.05) is 25.2 Å². The third-order valence-corrected chi connectivity index (χ3v) is 6.62. The van der Waals surface area contributed by atoms with Crippen molar-refractivity contribution in [2.24, 2.45) is 0 Å². The van der Waals surface area contributed by atoms with Crippen molar-refractivity contribution >= 4 is 46.4 Å². The van der Waals surface area contributed by atoms with E-state index < -0.39 is 6.10 Å². The molecular weight excluding hydrogens is 521 g/mol. The van der Waals surface area contributed by atoms with Gasteiger partial charge in [-0.15, -0.1) is 24.8 Å². The van der Waals surface area contributed by atoms with E-state index >= 15 is 0 Å². The molecule has 5 N–H and O–H groups in total. The van der Waals surface area contributed by atoms with E-state index in [-0.39, 0.29) is 35.4 Å². The van der Waals surface area contributed by atoms with Gasteiger partial charge in [-0.05, 0) is 47.9 Å². The van der Waals surface area contributed by atoms with E-state index in [1.165, 1.54) is 22.8 Å². The zero-order valence-corrected chi connectivity index (χ0v) is 22.3. The maximum atomic E-state index is 11.7. The number of halogens is 2. The van der Waals surface area contributed by atoms with Crippen LogP contribution in [0.3, 0.4) is 0 Å². The molecule has 4 aromatic rings. The molecule has 0 amide bonds. The SMILES string of the molecule is COc1ccc(CNCc2cccc(CCNCC(O)c3ccc(O)c4[nH]c(=O)sc34)c2)cc1.Cl.Cl. The van der Waals surface area contributed by atoms with Gasteiger partial charge in [-0.2, -0.15) is 0 Å². The number of aliphatic hydroxyl groups is 1. The number of aromatic hydroxyl groups is 1. The maximum Gasteiger partial charge on any atom is 0.305 e. The molecule has 0 aliphatic carbocycles. The number of H-pyrrole nitrogens is 1. The van der Waals surface area contributed by atoms with Crippen LogP contribution in [0.4, 0.5) is 0 Å². The molecule has 0 aliphatic heterocycles. The topological polar surface area (TPSA) is 107 Å². The Labute approximate surface area is 226 Å². The summed E-state index contributed by atoms with van der Waals surface area (Å²) in [4.78, 5) is 14.0. The first-order valence-electron chi connectivity index (χ1n) is 11.2. The van der Waals surface area contributed by atoms with Crippen molar-refractivity contribution in [3.63, 3.8) is 0 Å². The van der Waals surface area contributed by atoms with Crippen LogP contribution in [0.2, 0.25) is 0 Å². The molecule has 0 radical (unpaired) electrons. The number of aliphatic hydroxyl groups excluding tert-OH is 1. The molecule has 0 spiro atoms. The summed E-state index contributed by atoms with van der Waals surface area (Å²) in [7, 11) is 1.67. The van der Waals surface area contributed by atoms with Gasteiger partial charge >= 0.3 is 4.87 Å². The van der Waals surface area contributed by atoms with Crippen molar-refractivity contribution < 1.29 is 14.9 Å². The molecule has 1 atom stereocenters. The van der Waals surface area contributed by atoms with E-state index in [0.717, 1.165) is 36.6 Å². The van der Waals surface area contributed by atoms with Gasteiger partial charge < -0.3 is 30.6 Å². The van der Waals surface area contributed by atoms with Crippen LogP contribution in [0.1, 0.15) is 28.4 Å². The Hall–Kier alpha value is -2.59. The van der Waals surface area contributed by atoms with E-state index in [1.54, 1.807) is 13.2 Å². The summed E-state index contributed by atoms with van der Waals surface area (Å²) in [6.45, 7) is 2.63. The highest BCUT2D eigenvalue weighted by atomic mass is 35.5. The molecule has 1 unspecified atom stereocenters. The average molecular weight is 553 g/mol. The standard InChI is InChI=1S/C26H29N3O4S.2ClH/c1-33-20-7-5-18(6-8-20)14-28-15-19-4-2-3-17(13-19)11-12-27-16-23(31)21-9-10-22(30)24-25(21)34-26(32)29-24;;/h2-10,13,23,27-28,30-31H,11-12,14-16H2,1H3,(H,29,32);2*1H. The van der Waals surface area contributed by atoms with E-state index in [1.807, 2.05) is 12.1 Å². The molecule has 0 fully saturated rings. The van der Waals surface area contributed by atoms with Crippen LogP contribution in [0.15, 0.2) is 65.5 Å². The van der Waals surface area contributed by atoms with Crippen LogP contribution in [-0.2, 0) is 19.5 Å². The fraction of sp³-hybridized carbons (Fsp3) is 0.269. The second-order valence-corrected chi connectivity index (χ2v) is 9.12. The summed E-state index contributed by atoms with van der Waals surface area (Å²) in [5, 5.41) is 27.3. The van der Waals surface area contributed by atoms with Crippen molar-refractivity contribution in [2.75, 3.05) is 20.2 Å². The summed E-state index contributed by atoms with van der Waals surface area (Å²) in [5.41, 5.74) is 4.66. The van der Waals surface area contributed by atoms with Crippen LogP contribution < -0.4 is 20.2 Å². The predicted octanol–water partition coefficient (Wildman–Crippen LogP) is 4.30. The zero-order chi connectivity index (χ0) is 23.9. The Morgan fingerprint density at radius 3 is 2.44 bits per heavy atom. The van der Waals surface area contributed by atoms with Crippen LogP contribution in [0.25, 0.3) is 10.2 Å². The fourth-order valence-electron chi connectivity index (χ4n) is 3.87. The number of aromatic amines is 1. The normalized spacial score (nSPS) is 11.5. The van der Waals surface area contributed by atoms with Crippen molar-refractivity contribution in [3.8, 4) is 11.5 Å². The lowest BCUT2D eigenvalue weighted by Crippen LogP contribution is -2.24. The van der Waals surface area contributed by atoms with Crippen molar-refractivity contribution in [1.82, 2.24) is 15.6 Å². The largest absolute Gasteiger partial charge is 0.506 e. The second-order valence-electron chi connectivity index (χ2n) is 8.13. The highest BCUT2D eigenvalue weighted by Gasteiger charge is 2.15. The first kappa shape index (κ1) is 29.6. The number of hydrogen-bond acceptors (Lipinski definition) is 7. The van der Waals surface area contributed by atoms with E-state index in [9.17, 15) is 15.0 Å². The van der Waals surface area contributed by atoms with Crippen LogP contribution in [0.5, 0.6) is 11.5 Å². The number of benzene rings is 3. The minimum absolute atomic E-state index is 0. The Morgan fingerprint density at radius 1 is 0.972 bits per heavy atom. The van der Waals surface area contributed by atoms with Crippen LogP contribution >= 0.6 is 36.2 Å². The minimum Gasteiger partial charge on any atom is -0.506 e. The van der Waals surface area contributed by atoms with Gasteiger partial charge in [-0.3, -0.25) is 4.79 Å². The molecule has 10 heteroatoms. The Balaban J connectivity index is 0.00000228. The predicted molar refractivity (Wildman–Crippen MR) is 150 cm³/mol. The summed E-state index contributed by atoms with van der Waals surface area (Å²) >= 11 is 0.995. The Bertz CT molecular complexity index is 1290. The number of methoxy groups -OCH3 is 1. The molecule has 0 aliphatic rings.